The number of fused-ring (bicyclic) bond motifs is 1. The molecule has 1 aliphatic carbocycles. The molecular formula is C29H27FN6O4. The summed E-state index contributed by atoms with van der Waals surface area (Å²) in [4.78, 5) is 42.1. The second-order valence-electron chi connectivity index (χ2n) is 9.19. The molecule has 2 amide bonds. The van der Waals surface area contributed by atoms with Crippen molar-refractivity contribution in [2.75, 3.05) is 10.6 Å². The minimum atomic E-state index is -0.742. The maximum absolute atomic E-state index is 14.9. The number of benzene rings is 1. The highest BCUT2D eigenvalue weighted by molar-refractivity contribution is 6.04. The van der Waals surface area contributed by atoms with Crippen molar-refractivity contribution in [3.8, 4) is 11.6 Å². The average molecular weight is 543 g/mol. The van der Waals surface area contributed by atoms with E-state index in [1.807, 2.05) is 19.1 Å². The molecule has 0 saturated heterocycles. The summed E-state index contributed by atoms with van der Waals surface area (Å²) in [5.74, 6) is -1.08. The minimum absolute atomic E-state index is 0.0397. The molecule has 10 nitrogen and oxygen atoms in total. The third-order valence-corrected chi connectivity index (χ3v) is 6.19. The van der Waals surface area contributed by atoms with Gasteiger partial charge >= 0.3 is 0 Å². The fourth-order valence-corrected chi connectivity index (χ4v) is 3.95. The van der Waals surface area contributed by atoms with Crippen molar-refractivity contribution in [2.24, 2.45) is 5.92 Å². The van der Waals surface area contributed by atoms with Gasteiger partial charge in [-0.25, -0.2) is 13.9 Å². The number of carbonyl (C=O) groups is 2. The second-order valence-corrected chi connectivity index (χ2v) is 9.19. The smallest absolute Gasteiger partial charge is 0.267 e. The first-order valence-electron chi connectivity index (χ1n) is 12.9. The lowest BCUT2D eigenvalue weighted by atomic mass is 10.2. The van der Waals surface area contributed by atoms with E-state index in [4.69, 9.17) is 4.74 Å². The molecule has 0 atom stereocenters. The molecule has 2 N–H and O–H groups in total. The molecule has 0 spiro atoms. The van der Waals surface area contributed by atoms with E-state index in [1.54, 1.807) is 37.5 Å². The van der Waals surface area contributed by atoms with Gasteiger partial charge < -0.3 is 15.4 Å². The van der Waals surface area contributed by atoms with Crippen molar-refractivity contribution in [2.45, 2.75) is 33.1 Å². The fraction of sp³-hybridized carbons (Fsp3) is 0.207. The first-order chi connectivity index (χ1) is 19.4. The van der Waals surface area contributed by atoms with Crippen LogP contribution >= 0.6 is 0 Å². The Labute approximate surface area is 228 Å². The number of amides is 2. The summed E-state index contributed by atoms with van der Waals surface area (Å²) in [6.45, 7) is 3.78. The standard InChI is InChI=1S/C29H27FN6O4/c1-3-5-7-20(4-2)35-15-6-8-21(29(35)39)28(38)31-19-11-12-23(22(30)16-19)40-26-14-13-25-32-24(17-36(25)34-26)33-27(37)18-9-10-18/h4-8,11-18H,3,9-10H2,1-2H3,(H,31,38)(H,33,37)/b7-5-,20-4+. The number of nitrogens with one attached hydrogen (secondary N) is 2. The number of imidazole rings is 1. The van der Waals surface area contributed by atoms with Crippen LogP contribution in [0, 0.1) is 11.7 Å². The summed E-state index contributed by atoms with van der Waals surface area (Å²) in [6.07, 6.45) is 11.2. The Morgan fingerprint density at radius 1 is 1.18 bits per heavy atom. The number of allylic oxidation sites excluding steroid dienone is 4. The maximum Gasteiger partial charge on any atom is 0.267 e. The molecular weight excluding hydrogens is 515 g/mol. The van der Waals surface area contributed by atoms with Crippen LogP contribution in [0.3, 0.4) is 0 Å². The zero-order valence-electron chi connectivity index (χ0n) is 21.9. The van der Waals surface area contributed by atoms with Crippen molar-refractivity contribution in [1.29, 1.82) is 0 Å². The number of pyridine rings is 1. The van der Waals surface area contributed by atoms with E-state index in [2.05, 4.69) is 20.7 Å². The van der Waals surface area contributed by atoms with Crippen LogP contribution in [0.5, 0.6) is 11.6 Å². The lowest BCUT2D eigenvalue weighted by Crippen LogP contribution is -2.28. The van der Waals surface area contributed by atoms with Gasteiger partial charge in [0.15, 0.2) is 23.0 Å². The lowest BCUT2D eigenvalue weighted by molar-refractivity contribution is -0.117. The van der Waals surface area contributed by atoms with E-state index in [0.717, 1.165) is 25.3 Å². The summed E-state index contributed by atoms with van der Waals surface area (Å²) >= 11 is 0. The largest absolute Gasteiger partial charge is 0.434 e. The molecule has 1 fully saturated rings. The Balaban J connectivity index is 1.29. The molecule has 3 aromatic heterocycles. The second kappa shape index (κ2) is 11.4. The van der Waals surface area contributed by atoms with Crippen LogP contribution in [0.4, 0.5) is 15.9 Å². The SMILES string of the molecule is C/C=C(\C=C/CC)n1cccc(C(=O)Nc2ccc(Oc3ccc4nc(NC(=O)C5CC5)cn4n3)c(F)c2)c1=O. The summed E-state index contributed by atoms with van der Waals surface area (Å²) in [5, 5.41) is 9.59. The molecule has 1 aliphatic rings. The van der Waals surface area contributed by atoms with Crippen LogP contribution in [-0.4, -0.2) is 31.0 Å². The molecule has 40 heavy (non-hydrogen) atoms. The van der Waals surface area contributed by atoms with E-state index in [0.29, 0.717) is 17.2 Å². The molecule has 0 bridgehead atoms. The number of anilines is 2. The Hall–Kier alpha value is -5.06. The Kier molecular flexibility index (Phi) is 7.54. The van der Waals surface area contributed by atoms with Crippen LogP contribution in [0.1, 0.15) is 43.5 Å². The van der Waals surface area contributed by atoms with E-state index < -0.39 is 17.3 Å². The molecule has 204 valence electrons. The highest BCUT2D eigenvalue weighted by Gasteiger charge is 2.30. The van der Waals surface area contributed by atoms with E-state index in [-0.39, 0.29) is 34.7 Å². The highest BCUT2D eigenvalue weighted by atomic mass is 19.1. The highest BCUT2D eigenvalue weighted by Crippen LogP contribution is 2.30. The van der Waals surface area contributed by atoms with Crippen LogP contribution in [-0.2, 0) is 4.79 Å². The van der Waals surface area contributed by atoms with E-state index in [9.17, 15) is 18.8 Å². The molecule has 0 unspecified atom stereocenters. The van der Waals surface area contributed by atoms with Crippen molar-refractivity contribution in [3.63, 3.8) is 0 Å². The summed E-state index contributed by atoms with van der Waals surface area (Å²) in [7, 11) is 0. The third kappa shape index (κ3) is 5.83. The quantitative estimate of drug-likeness (QED) is 0.279. The van der Waals surface area contributed by atoms with Gasteiger partial charge in [-0.15, -0.1) is 5.10 Å². The summed E-state index contributed by atoms with van der Waals surface area (Å²) in [5.41, 5.74) is 0.690. The van der Waals surface area contributed by atoms with Crippen LogP contribution in [0.15, 0.2) is 77.9 Å². The molecule has 3 heterocycles. The molecule has 1 saturated carbocycles. The lowest BCUT2D eigenvalue weighted by Gasteiger charge is -2.11. The van der Waals surface area contributed by atoms with E-state index >= 15 is 0 Å². The van der Waals surface area contributed by atoms with Gasteiger partial charge in [0.1, 0.15) is 5.56 Å². The van der Waals surface area contributed by atoms with Gasteiger partial charge in [0, 0.05) is 35.6 Å². The number of hydrogen-bond acceptors (Lipinski definition) is 6. The number of ether oxygens (including phenoxy) is 1. The van der Waals surface area contributed by atoms with Gasteiger partial charge in [-0.05, 0) is 62.6 Å². The molecule has 11 heteroatoms. The first kappa shape index (κ1) is 26.5. The van der Waals surface area contributed by atoms with Crippen molar-refractivity contribution < 1.29 is 18.7 Å². The van der Waals surface area contributed by atoms with E-state index in [1.165, 1.54) is 33.3 Å². The van der Waals surface area contributed by atoms with Crippen LogP contribution < -0.4 is 20.9 Å². The van der Waals surface area contributed by atoms with Crippen LogP contribution in [0.25, 0.3) is 11.3 Å². The Morgan fingerprint density at radius 3 is 2.73 bits per heavy atom. The maximum atomic E-state index is 14.9. The zero-order chi connectivity index (χ0) is 28.2. The number of aromatic nitrogens is 4. The predicted octanol–water partition coefficient (Wildman–Crippen LogP) is 5.25. The topological polar surface area (TPSA) is 120 Å². The van der Waals surface area contributed by atoms with Gasteiger partial charge in [-0.2, -0.15) is 0 Å². The van der Waals surface area contributed by atoms with Gasteiger partial charge in [0.25, 0.3) is 11.5 Å². The molecule has 5 rings (SSSR count). The zero-order valence-corrected chi connectivity index (χ0v) is 21.9. The molecule has 1 aromatic carbocycles. The number of carbonyl (C=O) groups excluding carboxylic acids is 2. The Morgan fingerprint density at radius 2 is 2.00 bits per heavy atom. The number of hydrogen-bond donors (Lipinski definition) is 2. The van der Waals surface area contributed by atoms with Gasteiger partial charge in [0.05, 0.1) is 6.20 Å². The number of rotatable bonds is 9. The fourth-order valence-electron chi connectivity index (χ4n) is 3.95. The number of halogens is 1. The Bertz CT molecular complexity index is 1720. The predicted molar refractivity (Wildman–Crippen MR) is 149 cm³/mol. The monoisotopic (exact) mass is 542 g/mol. The van der Waals surface area contributed by atoms with Gasteiger partial charge in [0.2, 0.25) is 11.8 Å². The number of nitrogens with zero attached hydrogens (tertiary/aromatic N) is 4. The first-order valence-corrected chi connectivity index (χ1v) is 12.9. The van der Waals surface area contributed by atoms with Gasteiger partial charge in [-0.3, -0.25) is 19.0 Å². The van der Waals surface area contributed by atoms with Gasteiger partial charge in [-0.1, -0.05) is 19.1 Å². The van der Waals surface area contributed by atoms with Crippen LogP contribution in [0.2, 0.25) is 0 Å². The van der Waals surface area contributed by atoms with Crippen molar-refractivity contribution in [1.82, 2.24) is 19.2 Å². The third-order valence-electron chi connectivity index (χ3n) is 6.19. The minimum Gasteiger partial charge on any atom is -0.434 e. The van der Waals surface area contributed by atoms with Crippen molar-refractivity contribution in [3.05, 3.63) is 94.8 Å². The summed E-state index contributed by atoms with van der Waals surface area (Å²) < 4.78 is 23.3. The molecule has 4 aromatic rings. The average Bonchev–Trinajstić information content (AvgIpc) is 3.72. The van der Waals surface area contributed by atoms with Crippen molar-refractivity contribution >= 4 is 34.7 Å². The summed E-state index contributed by atoms with van der Waals surface area (Å²) in [6, 6.07) is 10.1. The molecule has 0 aliphatic heterocycles. The normalized spacial score (nSPS) is 13.5. The molecule has 0 radical (unpaired) electrons.